The minimum atomic E-state index is -2.99. The van der Waals surface area contributed by atoms with Crippen LogP contribution in [0.5, 0.6) is 0 Å². The van der Waals surface area contributed by atoms with Gasteiger partial charge in [-0.05, 0) is 36.8 Å². The number of benzene rings is 2. The molecule has 41 heavy (non-hydrogen) atoms. The van der Waals surface area contributed by atoms with Crippen LogP contribution in [0.3, 0.4) is 0 Å². The lowest BCUT2D eigenvalue weighted by Gasteiger charge is -2.44. The molecule has 1 fully saturated rings. The van der Waals surface area contributed by atoms with Crippen LogP contribution in [0.4, 0.5) is 16.2 Å². The molecule has 216 valence electrons. The first-order valence-electron chi connectivity index (χ1n) is 12.0. The number of para-hydroxylation sites is 1. The van der Waals surface area contributed by atoms with E-state index in [0.29, 0.717) is 15.5 Å². The highest BCUT2D eigenvalue weighted by Gasteiger charge is 2.65. The van der Waals surface area contributed by atoms with E-state index in [-0.39, 0.29) is 17.2 Å². The number of ketones is 1. The third kappa shape index (κ3) is 5.69. The Hall–Kier alpha value is -5.31. The van der Waals surface area contributed by atoms with Crippen molar-refractivity contribution in [1.29, 1.82) is 0 Å². The largest absolute Gasteiger partial charge is 0.469 e. The molecule has 0 saturated carbocycles. The lowest BCUT2D eigenvalue weighted by molar-refractivity contribution is -0.163. The number of carbonyl (C=O) groups is 6. The van der Waals surface area contributed by atoms with Gasteiger partial charge < -0.3 is 32.0 Å². The van der Waals surface area contributed by atoms with Crippen molar-refractivity contribution in [3.8, 4) is 0 Å². The molecule has 0 spiro atoms. The number of hydrogen-bond donors (Lipinski definition) is 4. The number of amides is 4. The number of nitrogens with zero attached hydrogens (tertiary/aromatic N) is 3. The van der Waals surface area contributed by atoms with Crippen LogP contribution in [0.15, 0.2) is 59.6 Å². The third-order valence-electron chi connectivity index (χ3n) is 6.20. The maximum atomic E-state index is 13.9. The number of Topliss-reactive ketones (excluding diaryl/α,β-unsaturated/α-hetero) is 1. The van der Waals surface area contributed by atoms with E-state index in [2.05, 4.69) is 15.0 Å². The number of hydrogen-bond acceptors (Lipinski definition) is 10. The van der Waals surface area contributed by atoms with Gasteiger partial charge in [0.1, 0.15) is 6.04 Å². The molecule has 3 atom stereocenters. The van der Waals surface area contributed by atoms with Gasteiger partial charge in [0, 0.05) is 5.69 Å². The molecule has 0 aromatic heterocycles. The maximum absolute atomic E-state index is 13.9. The number of carbonyl (C=O) groups excluding carboxylic acids is 6. The van der Waals surface area contributed by atoms with Crippen LogP contribution in [-0.2, 0) is 33.4 Å². The molecule has 2 aromatic carbocycles. The smallest absolute Gasteiger partial charge is 0.362 e. The first-order valence-corrected chi connectivity index (χ1v) is 12.0. The molecule has 15 nitrogen and oxygen atoms in total. The van der Waals surface area contributed by atoms with Gasteiger partial charge in [0.2, 0.25) is 5.91 Å². The number of imide groups is 1. The van der Waals surface area contributed by atoms with Crippen molar-refractivity contribution in [2.24, 2.45) is 22.2 Å². The first kappa shape index (κ1) is 30.2. The molecule has 15 heteroatoms. The molecule has 2 aromatic rings. The molecule has 4 amide bonds. The summed E-state index contributed by atoms with van der Waals surface area (Å²) >= 11 is 0. The Kier molecular flexibility index (Phi) is 9.03. The summed E-state index contributed by atoms with van der Waals surface area (Å²) in [7, 11) is 2.00. The second-order valence-electron chi connectivity index (χ2n) is 8.80. The summed E-state index contributed by atoms with van der Waals surface area (Å²) in [5.41, 5.74) is 14.3. The molecule has 1 aliphatic heterocycles. The zero-order valence-electron chi connectivity index (χ0n) is 22.4. The molecule has 0 bridgehead atoms. The lowest BCUT2D eigenvalue weighted by Crippen LogP contribution is -2.74. The quantitative estimate of drug-likeness (QED) is 0.0945. The topological polar surface area (TPSA) is 230 Å². The summed E-state index contributed by atoms with van der Waals surface area (Å²) in [4.78, 5) is 85.0. The number of methoxy groups -OCH3 is 2. The Morgan fingerprint density at radius 2 is 1.63 bits per heavy atom. The first-order chi connectivity index (χ1) is 19.4. The molecule has 3 rings (SSSR count). The molecule has 1 aliphatic rings. The number of ether oxygens (including phenoxy) is 2. The van der Waals surface area contributed by atoms with Gasteiger partial charge in [-0.2, -0.15) is 0 Å². The van der Waals surface area contributed by atoms with E-state index in [1.807, 2.05) is 0 Å². The number of guanidine groups is 1. The Morgan fingerprint density at radius 1 is 1.02 bits per heavy atom. The molecular formula is C26H29N7O8. The summed E-state index contributed by atoms with van der Waals surface area (Å²) in [6.07, 6.45) is -0.640. The van der Waals surface area contributed by atoms with Crippen molar-refractivity contribution < 1.29 is 38.2 Å². The number of urea groups is 1. The Bertz CT molecular complexity index is 1390. The minimum Gasteiger partial charge on any atom is -0.469 e. The second kappa shape index (κ2) is 12.3. The normalized spacial score (nSPS) is 16.6. The van der Waals surface area contributed by atoms with E-state index in [1.54, 1.807) is 6.07 Å². The predicted molar refractivity (Wildman–Crippen MR) is 144 cm³/mol. The van der Waals surface area contributed by atoms with Gasteiger partial charge in [-0.25, -0.2) is 19.5 Å². The van der Waals surface area contributed by atoms with Crippen molar-refractivity contribution in [3.63, 3.8) is 0 Å². The highest BCUT2D eigenvalue weighted by Crippen LogP contribution is 2.36. The van der Waals surface area contributed by atoms with Crippen molar-refractivity contribution in [2.45, 2.75) is 31.1 Å². The van der Waals surface area contributed by atoms with Crippen LogP contribution in [0.2, 0.25) is 0 Å². The molecule has 1 unspecified atom stereocenters. The molecule has 0 aliphatic carbocycles. The fraction of sp³-hybridized carbons (Fsp3) is 0.269. The summed E-state index contributed by atoms with van der Waals surface area (Å²) < 4.78 is 9.50. The Balaban J connectivity index is 2.22. The molecule has 0 radical (unpaired) electrons. The van der Waals surface area contributed by atoms with E-state index in [4.69, 9.17) is 21.9 Å². The van der Waals surface area contributed by atoms with E-state index in [1.165, 1.54) is 48.5 Å². The number of nitrogens with two attached hydrogens (primary N) is 3. The van der Waals surface area contributed by atoms with Crippen LogP contribution in [0, 0.1) is 0 Å². The number of rotatable bonds is 10. The predicted octanol–water partition coefficient (Wildman–Crippen LogP) is -0.434. The molecule has 7 N–H and O–H groups in total. The standard InChI is InChI=1S/C26H29N7O8/c1-14(34)26(23(38)41-3,32(17-7-5-4-6-8-17)21(36)18(27)13-19(35)40-2)33-22(37)20(31-25(33)39)15-9-11-16(12-10-15)30-24(28)29/h4-12,18,20H,13,27H2,1-3H3,(H,31,39)(H4,28,29,30)/t18-,20?,26+/m0/s1. The summed E-state index contributed by atoms with van der Waals surface area (Å²) in [5, 5.41) is 2.43. The Labute approximate surface area is 234 Å². The third-order valence-corrected chi connectivity index (χ3v) is 6.20. The van der Waals surface area contributed by atoms with Crippen molar-refractivity contribution in [1.82, 2.24) is 10.2 Å². The van der Waals surface area contributed by atoms with E-state index in [9.17, 15) is 28.8 Å². The number of esters is 2. The van der Waals surface area contributed by atoms with Crippen LogP contribution in [-0.4, -0.2) is 72.4 Å². The van der Waals surface area contributed by atoms with Crippen molar-refractivity contribution in [2.75, 3.05) is 19.1 Å². The van der Waals surface area contributed by atoms with Gasteiger partial charge in [0.05, 0.1) is 32.4 Å². The van der Waals surface area contributed by atoms with Gasteiger partial charge in [-0.3, -0.25) is 24.1 Å². The van der Waals surface area contributed by atoms with Crippen LogP contribution >= 0.6 is 0 Å². The van der Waals surface area contributed by atoms with Crippen LogP contribution in [0.25, 0.3) is 0 Å². The van der Waals surface area contributed by atoms with E-state index >= 15 is 0 Å². The van der Waals surface area contributed by atoms with Crippen molar-refractivity contribution >= 4 is 52.9 Å². The van der Waals surface area contributed by atoms with Gasteiger partial charge in [0.25, 0.3) is 11.6 Å². The fourth-order valence-electron chi connectivity index (χ4n) is 4.35. The lowest BCUT2D eigenvalue weighted by atomic mass is 9.96. The average Bonchev–Trinajstić information content (AvgIpc) is 3.24. The number of nitrogens with one attached hydrogen (secondary N) is 1. The highest BCUT2D eigenvalue weighted by molar-refractivity contribution is 6.23. The zero-order valence-corrected chi connectivity index (χ0v) is 22.4. The molecule has 1 heterocycles. The number of anilines is 1. The van der Waals surface area contributed by atoms with E-state index in [0.717, 1.165) is 21.1 Å². The monoisotopic (exact) mass is 567 g/mol. The van der Waals surface area contributed by atoms with E-state index < -0.39 is 59.7 Å². The van der Waals surface area contributed by atoms with Gasteiger partial charge in [0.15, 0.2) is 11.7 Å². The van der Waals surface area contributed by atoms with Crippen LogP contribution < -0.4 is 27.4 Å². The summed E-state index contributed by atoms with van der Waals surface area (Å²) in [5.74, 6) is -5.81. The van der Waals surface area contributed by atoms with Crippen molar-refractivity contribution in [3.05, 3.63) is 60.2 Å². The summed E-state index contributed by atoms with van der Waals surface area (Å²) in [6.45, 7) is 0.907. The minimum absolute atomic E-state index is 0.0935. The molecule has 1 saturated heterocycles. The number of aliphatic imine (C=N–C) groups is 1. The summed E-state index contributed by atoms with van der Waals surface area (Å²) in [6, 6.07) is 8.90. The average molecular weight is 568 g/mol. The van der Waals surface area contributed by atoms with Gasteiger partial charge in [-0.15, -0.1) is 0 Å². The van der Waals surface area contributed by atoms with Crippen LogP contribution in [0.1, 0.15) is 24.9 Å². The molecular weight excluding hydrogens is 538 g/mol. The zero-order chi connectivity index (χ0) is 30.5. The fourth-order valence-corrected chi connectivity index (χ4v) is 4.35. The Morgan fingerprint density at radius 3 is 2.15 bits per heavy atom. The van der Waals surface area contributed by atoms with Gasteiger partial charge >= 0.3 is 18.0 Å². The maximum Gasteiger partial charge on any atom is 0.362 e. The second-order valence-corrected chi connectivity index (χ2v) is 8.80. The highest BCUT2D eigenvalue weighted by atomic mass is 16.5. The van der Waals surface area contributed by atoms with Gasteiger partial charge in [-0.1, -0.05) is 30.3 Å². The SMILES string of the molecule is COC(=O)C[C@H](N)C(=O)N(c1ccccc1)[C@@](C(C)=O)(C(=O)OC)N1C(=O)NC(c2ccc(N=C(N)N)cc2)C1=O.